The second kappa shape index (κ2) is 5.66. The summed E-state index contributed by atoms with van der Waals surface area (Å²) in [6, 6.07) is 12.1. The Balaban J connectivity index is 1.81. The molecule has 0 aliphatic carbocycles. The summed E-state index contributed by atoms with van der Waals surface area (Å²) in [7, 11) is 0. The molecule has 0 spiro atoms. The maximum atomic E-state index is 8.87. The Labute approximate surface area is 101 Å². The van der Waals surface area contributed by atoms with Crippen LogP contribution in [0.3, 0.4) is 0 Å². The molecule has 0 bridgehead atoms. The van der Waals surface area contributed by atoms with Crippen LogP contribution in [0.5, 0.6) is 0 Å². The molecular formula is C14H17NO2. The van der Waals surface area contributed by atoms with Crippen molar-refractivity contribution < 1.29 is 9.52 Å². The molecule has 0 atom stereocenters. The molecule has 0 unspecified atom stereocenters. The Morgan fingerprint density at radius 2 is 1.71 bits per heavy atom. The van der Waals surface area contributed by atoms with E-state index in [0.717, 1.165) is 12.3 Å². The monoisotopic (exact) mass is 231 g/mol. The molecule has 0 aliphatic heterocycles. The number of rotatable bonds is 5. The van der Waals surface area contributed by atoms with E-state index in [4.69, 9.17) is 9.52 Å². The van der Waals surface area contributed by atoms with E-state index in [9.17, 15) is 0 Å². The predicted molar refractivity (Wildman–Crippen MR) is 66.4 cm³/mol. The lowest BCUT2D eigenvalue weighted by molar-refractivity contribution is 0.242. The normalized spacial score (nSPS) is 10.7. The van der Waals surface area contributed by atoms with E-state index in [0.29, 0.717) is 12.3 Å². The summed E-state index contributed by atoms with van der Waals surface area (Å²) >= 11 is 0. The van der Waals surface area contributed by atoms with E-state index in [1.807, 2.05) is 6.07 Å². The van der Waals surface area contributed by atoms with Gasteiger partial charge in [0.05, 0.1) is 6.54 Å². The second-order valence-corrected chi connectivity index (χ2v) is 4.12. The highest BCUT2D eigenvalue weighted by Crippen LogP contribution is 2.08. The van der Waals surface area contributed by atoms with Crippen LogP contribution in [-0.4, -0.2) is 5.11 Å². The average molecular weight is 231 g/mol. The van der Waals surface area contributed by atoms with Gasteiger partial charge in [-0.2, -0.15) is 0 Å². The van der Waals surface area contributed by atoms with Crippen molar-refractivity contribution in [1.29, 1.82) is 0 Å². The van der Waals surface area contributed by atoms with Gasteiger partial charge in [0, 0.05) is 6.54 Å². The Bertz CT molecular complexity index is 459. The van der Waals surface area contributed by atoms with Gasteiger partial charge in [-0.1, -0.05) is 29.8 Å². The summed E-state index contributed by atoms with van der Waals surface area (Å²) in [5, 5.41) is 12.2. The third-order valence-electron chi connectivity index (χ3n) is 2.62. The van der Waals surface area contributed by atoms with E-state index in [1.165, 1.54) is 11.1 Å². The van der Waals surface area contributed by atoms with Crippen molar-refractivity contribution in [3.63, 3.8) is 0 Å². The first-order valence-electron chi connectivity index (χ1n) is 5.72. The zero-order valence-corrected chi connectivity index (χ0v) is 9.94. The minimum Gasteiger partial charge on any atom is -0.462 e. The quantitative estimate of drug-likeness (QED) is 0.830. The van der Waals surface area contributed by atoms with Gasteiger partial charge in [-0.3, -0.25) is 0 Å². The molecule has 0 saturated heterocycles. The van der Waals surface area contributed by atoms with Crippen molar-refractivity contribution in [3.8, 4) is 0 Å². The van der Waals surface area contributed by atoms with Gasteiger partial charge in [-0.15, -0.1) is 0 Å². The number of nitrogens with one attached hydrogen (secondary N) is 1. The number of benzene rings is 1. The average Bonchev–Trinajstić information content (AvgIpc) is 2.80. The van der Waals surface area contributed by atoms with Gasteiger partial charge in [-0.25, -0.2) is 0 Å². The van der Waals surface area contributed by atoms with E-state index < -0.39 is 0 Å². The summed E-state index contributed by atoms with van der Waals surface area (Å²) in [5.74, 6) is 1.46. The van der Waals surface area contributed by atoms with Gasteiger partial charge in [-0.05, 0) is 24.6 Å². The third-order valence-corrected chi connectivity index (χ3v) is 2.62. The highest BCUT2D eigenvalue weighted by Gasteiger charge is 2.00. The molecule has 2 aromatic rings. The van der Waals surface area contributed by atoms with Crippen LogP contribution in [0.2, 0.25) is 0 Å². The van der Waals surface area contributed by atoms with Crippen molar-refractivity contribution in [2.24, 2.45) is 0 Å². The highest BCUT2D eigenvalue weighted by molar-refractivity contribution is 5.21. The highest BCUT2D eigenvalue weighted by atomic mass is 16.4. The molecule has 0 amide bonds. The van der Waals surface area contributed by atoms with E-state index in [2.05, 4.69) is 36.5 Å². The number of aryl methyl sites for hydroxylation is 1. The summed E-state index contributed by atoms with van der Waals surface area (Å²) in [6.07, 6.45) is 0. The van der Waals surface area contributed by atoms with Crippen molar-refractivity contribution in [2.45, 2.75) is 26.6 Å². The first-order chi connectivity index (χ1) is 8.28. The topological polar surface area (TPSA) is 45.4 Å². The summed E-state index contributed by atoms with van der Waals surface area (Å²) in [6.45, 7) is 3.53. The Hall–Kier alpha value is -1.58. The molecule has 1 aromatic heterocycles. The maximum Gasteiger partial charge on any atom is 0.129 e. The van der Waals surface area contributed by atoms with Gasteiger partial charge < -0.3 is 14.8 Å². The Kier molecular flexibility index (Phi) is 3.96. The molecule has 90 valence electrons. The minimum atomic E-state index is -0.0437. The lowest BCUT2D eigenvalue weighted by atomic mass is 10.1. The van der Waals surface area contributed by atoms with Crippen molar-refractivity contribution >= 4 is 0 Å². The van der Waals surface area contributed by atoms with Crippen molar-refractivity contribution in [3.05, 3.63) is 59.0 Å². The number of hydrogen-bond acceptors (Lipinski definition) is 3. The fourth-order valence-electron chi connectivity index (χ4n) is 1.64. The van der Waals surface area contributed by atoms with Crippen LogP contribution >= 0.6 is 0 Å². The van der Waals surface area contributed by atoms with Crippen LogP contribution < -0.4 is 5.32 Å². The van der Waals surface area contributed by atoms with Gasteiger partial charge in [0.2, 0.25) is 0 Å². The molecule has 0 aliphatic rings. The molecule has 0 radical (unpaired) electrons. The van der Waals surface area contributed by atoms with E-state index >= 15 is 0 Å². The zero-order valence-electron chi connectivity index (χ0n) is 9.94. The first-order valence-corrected chi connectivity index (χ1v) is 5.72. The zero-order chi connectivity index (χ0) is 12.1. The molecular weight excluding hydrogens is 214 g/mol. The predicted octanol–water partition coefficient (Wildman–Crippen LogP) is 2.37. The van der Waals surface area contributed by atoms with Crippen molar-refractivity contribution in [2.75, 3.05) is 0 Å². The van der Waals surface area contributed by atoms with Crippen LogP contribution in [0, 0.1) is 6.92 Å². The summed E-state index contributed by atoms with van der Waals surface area (Å²) in [4.78, 5) is 0. The van der Waals surface area contributed by atoms with E-state index in [-0.39, 0.29) is 6.61 Å². The number of aliphatic hydroxyl groups excluding tert-OH is 1. The van der Waals surface area contributed by atoms with Crippen LogP contribution in [0.1, 0.15) is 22.6 Å². The first kappa shape index (κ1) is 11.9. The number of aliphatic hydroxyl groups is 1. The molecule has 0 fully saturated rings. The summed E-state index contributed by atoms with van der Waals surface area (Å²) in [5.41, 5.74) is 2.52. The fraction of sp³-hybridized carbons (Fsp3) is 0.286. The van der Waals surface area contributed by atoms with E-state index in [1.54, 1.807) is 6.07 Å². The fourth-order valence-corrected chi connectivity index (χ4v) is 1.64. The van der Waals surface area contributed by atoms with Gasteiger partial charge >= 0.3 is 0 Å². The molecule has 3 nitrogen and oxygen atoms in total. The largest absolute Gasteiger partial charge is 0.462 e. The molecule has 1 heterocycles. The molecule has 2 rings (SSSR count). The summed E-state index contributed by atoms with van der Waals surface area (Å²) < 4.78 is 5.38. The maximum absolute atomic E-state index is 8.87. The van der Waals surface area contributed by atoms with Crippen LogP contribution in [0.4, 0.5) is 0 Å². The molecule has 1 aromatic carbocycles. The van der Waals surface area contributed by atoms with Gasteiger partial charge in [0.25, 0.3) is 0 Å². The minimum absolute atomic E-state index is 0.0437. The van der Waals surface area contributed by atoms with Crippen LogP contribution in [0.25, 0.3) is 0 Å². The Morgan fingerprint density at radius 1 is 1.00 bits per heavy atom. The lowest BCUT2D eigenvalue weighted by Gasteiger charge is -2.03. The standard InChI is InChI=1S/C14H17NO2/c1-11-2-4-12(5-3-11)8-15-9-13-6-7-14(10-16)17-13/h2-7,15-16H,8-10H2,1H3. The van der Waals surface area contributed by atoms with Crippen LogP contribution in [-0.2, 0) is 19.7 Å². The molecule has 17 heavy (non-hydrogen) atoms. The molecule has 2 N–H and O–H groups in total. The van der Waals surface area contributed by atoms with Crippen molar-refractivity contribution in [1.82, 2.24) is 5.32 Å². The molecule has 0 saturated carbocycles. The number of hydrogen-bond donors (Lipinski definition) is 2. The van der Waals surface area contributed by atoms with Gasteiger partial charge in [0.1, 0.15) is 18.1 Å². The third kappa shape index (κ3) is 3.44. The molecule has 3 heteroatoms. The van der Waals surface area contributed by atoms with Gasteiger partial charge in [0.15, 0.2) is 0 Å². The smallest absolute Gasteiger partial charge is 0.129 e. The SMILES string of the molecule is Cc1ccc(CNCc2ccc(CO)o2)cc1. The Morgan fingerprint density at radius 3 is 2.35 bits per heavy atom. The lowest BCUT2D eigenvalue weighted by Crippen LogP contribution is -2.11. The van der Waals surface area contributed by atoms with Crippen LogP contribution in [0.15, 0.2) is 40.8 Å². The number of furan rings is 1. The second-order valence-electron chi connectivity index (χ2n) is 4.12.